The van der Waals surface area contributed by atoms with Gasteiger partial charge in [0, 0.05) is 11.5 Å². The Morgan fingerprint density at radius 1 is 1.00 bits per heavy atom. The molecule has 0 radical (unpaired) electrons. The second kappa shape index (κ2) is 8.02. The molecule has 0 spiro atoms. The normalized spacial score (nSPS) is 33.3. The summed E-state index contributed by atoms with van der Waals surface area (Å²) in [4.78, 5) is 13.3. The minimum atomic E-state index is -5.14. The van der Waals surface area contributed by atoms with E-state index in [1.807, 2.05) is 0 Å². The smallest absolute Gasteiger partial charge is 0.350 e. The summed E-state index contributed by atoms with van der Waals surface area (Å²) in [6, 6.07) is 7.87. The first kappa shape index (κ1) is 25.8. The maximum absolute atomic E-state index is 14.8. The van der Waals surface area contributed by atoms with Gasteiger partial charge in [0.25, 0.3) is 0 Å². The molecule has 0 saturated heterocycles. The molecule has 1 unspecified atom stereocenters. The number of hydrogen-bond donors (Lipinski definition) is 1. The highest BCUT2D eigenvalue weighted by molar-refractivity contribution is 7.92. The average Bonchev–Trinajstić information content (AvgIpc) is 3.21. The largest absolute Gasteiger partial charge is 0.426 e. The van der Waals surface area contributed by atoms with E-state index >= 15 is 0 Å². The van der Waals surface area contributed by atoms with Crippen LogP contribution in [0.2, 0.25) is 0 Å². The predicted octanol–water partition coefficient (Wildman–Crippen LogP) is 5.88. The average molecular weight is 554 g/mol. The number of alkyl halides is 4. The monoisotopic (exact) mass is 553 g/mol. The van der Waals surface area contributed by atoms with Gasteiger partial charge in [-0.25, -0.2) is 17.2 Å². The van der Waals surface area contributed by atoms with Crippen molar-refractivity contribution in [1.82, 2.24) is 5.32 Å². The molecule has 4 nitrogen and oxygen atoms in total. The van der Waals surface area contributed by atoms with Gasteiger partial charge in [-0.2, -0.15) is 13.2 Å². The minimum Gasteiger partial charge on any atom is -0.350 e. The maximum atomic E-state index is 14.8. The molecular formula is C28H28F5NO3S. The molecule has 2 aromatic carbocycles. The number of fused-ring (bicyclic) bond motifs is 3. The first-order chi connectivity index (χ1) is 17.7. The lowest BCUT2D eigenvalue weighted by molar-refractivity contribution is -0.228. The molecule has 204 valence electrons. The fraction of sp³-hybridized carbons (Fsp3) is 0.536. The van der Waals surface area contributed by atoms with E-state index in [2.05, 4.69) is 5.32 Å². The molecule has 1 N–H and O–H groups in total. The van der Waals surface area contributed by atoms with E-state index in [1.165, 1.54) is 18.2 Å². The number of rotatable bonds is 5. The quantitative estimate of drug-likeness (QED) is 0.372. The van der Waals surface area contributed by atoms with Gasteiger partial charge in [-0.05, 0) is 105 Å². The van der Waals surface area contributed by atoms with E-state index in [-0.39, 0.29) is 35.6 Å². The number of carbonyl (C=O) groups excluding carboxylic acids is 1. The third kappa shape index (κ3) is 3.44. The third-order valence-corrected chi connectivity index (χ3v) is 12.2. The second-order valence-corrected chi connectivity index (χ2v) is 14.0. The highest BCUT2D eigenvalue weighted by atomic mass is 32.2. The Bertz CT molecular complexity index is 1400. The number of sulfone groups is 1. The lowest BCUT2D eigenvalue weighted by Crippen LogP contribution is -2.69. The van der Waals surface area contributed by atoms with Crippen LogP contribution in [0.4, 0.5) is 22.0 Å². The van der Waals surface area contributed by atoms with Crippen molar-refractivity contribution in [1.29, 1.82) is 0 Å². The van der Waals surface area contributed by atoms with E-state index in [0.29, 0.717) is 30.4 Å². The summed E-state index contributed by atoms with van der Waals surface area (Å²) >= 11 is 0. The van der Waals surface area contributed by atoms with Crippen LogP contribution in [-0.4, -0.2) is 26.0 Å². The van der Waals surface area contributed by atoms with Gasteiger partial charge < -0.3 is 5.32 Å². The van der Waals surface area contributed by atoms with E-state index in [0.717, 1.165) is 43.5 Å². The fourth-order valence-corrected chi connectivity index (χ4v) is 9.90. The van der Waals surface area contributed by atoms with Crippen LogP contribution in [0.3, 0.4) is 0 Å². The first-order valence-corrected chi connectivity index (χ1v) is 14.4. The molecule has 2 aromatic rings. The number of aryl methyl sites for hydroxylation is 1. The number of halogens is 5. The van der Waals surface area contributed by atoms with Gasteiger partial charge >= 0.3 is 6.18 Å². The van der Waals surface area contributed by atoms with Gasteiger partial charge in [0.15, 0.2) is 9.84 Å². The molecule has 0 aliphatic heterocycles. The molecule has 4 fully saturated rings. The lowest BCUT2D eigenvalue weighted by atomic mass is 9.50. The summed E-state index contributed by atoms with van der Waals surface area (Å²) in [5.41, 5.74) is -3.75. The lowest BCUT2D eigenvalue weighted by Gasteiger charge is -2.62. The highest BCUT2D eigenvalue weighted by Crippen LogP contribution is 2.61. The van der Waals surface area contributed by atoms with Crippen molar-refractivity contribution < 1.29 is 35.2 Å². The Balaban J connectivity index is 1.46. The molecule has 10 heteroatoms. The van der Waals surface area contributed by atoms with Crippen molar-refractivity contribution in [2.24, 2.45) is 17.8 Å². The van der Waals surface area contributed by atoms with Crippen molar-refractivity contribution in [2.45, 2.75) is 78.9 Å². The van der Waals surface area contributed by atoms with Crippen LogP contribution in [0, 0.1) is 23.6 Å². The number of carbonyl (C=O) groups is 1. The van der Waals surface area contributed by atoms with Gasteiger partial charge in [-0.1, -0.05) is 18.2 Å². The number of amides is 1. The minimum absolute atomic E-state index is 0.0869. The SMILES string of the molecule is CC(F)(c1ccc2c(c1)CC[C@H]1[C@H](C(=O)NC34CC(C3)C4)CC[C@@]21S(=O)(=O)c1ccc(F)cc1)C(F)(F)F. The molecule has 5 aliphatic carbocycles. The standard InChI is InChI=1S/C28H28F5NO3S/c1-25(30,28(31,32)33)18-3-9-22-17(12-18)2-8-23-21(24(35)34-26-13-16(14-26)15-26)10-11-27(22,23)38(36,37)20-6-4-19(29)5-7-20/h3-7,9,12,16,21,23H,2,8,10-11,13-15H2,1H3,(H,34,35)/t16?,21-,23+,25?,26?,27-/m1/s1. The summed E-state index contributed by atoms with van der Waals surface area (Å²) in [5, 5.41) is 3.16. The Kier molecular flexibility index (Phi) is 5.44. The summed E-state index contributed by atoms with van der Waals surface area (Å²) in [6.45, 7) is 0.451. The Morgan fingerprint density at radius 2 is 1.66 bits per heavy atom. The number of nitrogens with one attached hydrogen (secondary N) is 1. The van der Waals surface area contributed by atoms with E-state index in [9.17, 15) is 35.2 Å². The summed E-state index contributed by atoms with van der Waals surface area (Å²) in [7, 11) is -4.22. The van der Waals surface area contributed by atoms with Gasteiger partial charge in [-0.3, -0.25) is 4.79 Å². The predicted molar refractivity (Wildman–Crippen MR) is 129 cm³/mol. The van der Waals surface area contributed by atoms with Crippen LogP contribution in [0.25, 0.3) is 0 Å². The van der Waals surface area contributed by atoms with Crippen LogP contribution in [0.5, 0.6) is 0 Å². The van der Waals surface area contributed by atoms with Crippen LogP contribution >= 0.6 is 0 Å². The topological polar surface area (TPSA) is 63.2 Å². The molecule has 4 atom stereocenters. The number of hydrogen-bond acceptors (Lipinski definition) is 3. The van der Waals surface area contributed by atoms with Gasteiger partial charge in [0.2, 0.25) is 11.6 Å². The zero-order valence-electron chi connectivity index (χ0n) is 20.7. The van der Waals surface area contributed by atoms with Gasteiger partial charge in [-0.15, -0.1) is 0 Å². The summed E-state index contributed by atoms with van der Waals surface area (Å²) in [5.74, 6) is -1.36. The fourth-order valence-electron chi connectivity index (χ4n) is 7.43. The zero-order valence-corrected chi connectivity index (χ0v) is 21.6. The Labute approximate surface area is 217 Å². The highest BCUT2D eigenvalue weighted by Gasteiger charge is 2.64. The number of benzene rings is 2. The van der Waals surface area contributed by atoms with Crippen molar-refractivity contribution in [3.8, 4) is 0 Å². The molecule has 0 heterocycles. The van der Waals surface area contributed by atoms with Crippen molar-refractivity contribution >= 4 is 15.7 Å². The molecule has 4 saturated carbocycles. The molecule has 1 amide bonds. The molecule has 38 heavy (non-hydrogen) atoms. The third-order valence-electron chi connectivity index (χ3n) is 9.64. The van der Waals surface area contributed by atoms with Crippen molar-refractivity contribution in [2.75, 3.05) is 0 Å². The molecular weight excluding hydrogens is 525 g/mol. The zero-order chi connectivity index (χ0) is 27.3. The van der Waals surface area contributed by atoms with Gasteiger partial charge in [0.05, 0.1) is 4.90 Å². The summed E-state index contributed by atoms with van der Waals surface area (Å²) < 4.78 is 95.9. The van der Waals surface area contributed by atoms with E-state index in [1.54, 1.807) is 0 Å². The van der Waals surface area contributed by atoms with Gasteiger partial charge in [0.1, 0.15) is 10.6 Å². The maximum Gasteiger partial charge on any atom is 0.426 e. The molecule has 0 aromatic heterocycles. The summed E-state index contributed by atoms with van der Waals surface area (Å²) in [6.07, 6.45) is -1.50. The van der Waals surface area contributed by atoms with Crippen LogP contribution < -0.4 is 5.32 Å². The van der Waals surface area contributed by atoms with E-state index < -0.39 is 49.6 Å². The Hall–Kier alpha value is -2.49. The van der Waals surface area contributed by atoms with Crippen LogP contribution in [0.1, 0.15) is 62.1 Å². The Morgan fingerprint density at radius 3 is 2.24 bits per heavy atom. The van der Waals surface area contributed by atoms with E-state index in [4.69, 9.17) is 0 Å². The molecule has 7 rings (SSSR count). The van der Waals surface area contributed by atoms with Crippen molar-refractivity contribution in [3.05, 3.63) is 65.0 Å². The first-order valence-electron chi connectivity index (χ1n) is 12.9. The second-order valence-electron chi connectivity index (χ2n) is 11.8. The van der Waals surface area contributed by atoms with Crippen LogP contribution in [-0.2, 0) is 31.5 Å². The molecule has 5 aliphatic rings. The van der Waals surface area contributed by atoms with Crippen molar-refractivity contribution in [3.63, 3.8) is 0 Å². The van der Waals surface area contributed by atoms with Crippen LogP contribution in [0.15, 0.2) is 47.4 Å². The molecule has 2 bridgehead atoms.